The summed E-state index contributed by atoms with van der Waals surface area (Å²) in [4.78, 5) is 12.2. The van der Waals surface area contributed by atoms with E-state index in [2.05, 4.69) is 24.5 Å². The lowest BCUT2D eigenvalue weighted by molar-refractivity contribution is 0.0914. The van der Waals surface area contributed by atoms with Crippen LogP contribution in [0.3, 0.4) is 0 Å². The Hall–Kier alpha value is -1.42. The van der Waals surface area contributed by atoms with E-state index in [1.165, 1.54) is 12.1 Å². The second-order valence-electron chi connectivity index (χ2n) is 5.47. The first-order chi connectivity index (χ1) is 8.97. The van der Waals surface area contributed by atoms with Crippen LogP contribution in [-0.4, -0.2) is 24.0 Å². The Kier molecular flexibility index (Phi) is 4.20. The smallest absolute Gasteiger partial charge is 0.251 e. The minimum absolute atomic E-state index is 0.120. The largest absolute Gasteiger partial charge is 0.348 e. The lowest BCUT2D eigenvalue weighted by Gasteiger charge is -2.34. The van der Waals surface area contributed by atoms with Crippen molar-refractivity contribution in [3.05, 3.63) is 35.1 Å². The number of carbonyl (C=O) groups excluding carboxylic acids is 1. The first kappa shape index (κ1) is 14.0. The molecule has 0 spiro atoms. The Balaban J connectivity index is 2.04. The molecular formula is C15H21FN2O. The van der Waals surface area contributed by atoms with Crippen LogP contribution in [0, 0.1) is 12.7 Å². The minimum Gasteiger partial charge on any atom is -0.348 e. The number of piperidine rings is 1. The third kappa shape index (κ3) is 3.32. The van der Waals surface area contributed by atoms with Crippen LogP contribution in [0.5, 0.6) is 0 Å². The van der Waals surface area contributed by atoms with Crippen molar-refractivity contribution in [2.24, 2.45) is 0 Å². The van der Waals surface area contributed by atoms with Gasteiger partial charge in [-0.15, -0.1) is 0 Å². The van der Waals surface area contributed by atoms with Gasteiger partial charge in [0.05, 0.1) is 0 Å². The van der Waals surface area contributed by atoms with E-state index in [4.69, 9.17) is 0 Å². The SMILES string of the molecule is Cc1cc(F)ccc1C(=O)NC1CCC(C)NC1C. The highest BCUT2D eigenvalue weighted by Gasteiger charge is 2.26. The van der Waals surface area contributed by atoms with Gasteiger partial charge in [0.2, 0.25) is 0 Å². The second kappa shape index (κ2) is 5.70. The summed E-state index contributed by atoms with van der Waals surface area (Å²) in [5.41, 5.74) is 1.22. The van der Waals surface area contributed by atoms with Gasteiger partial charge in [0.25, 0.3) is 5.91 Å². The molecule has 0 saturated carbocycles. The molecule has 0 aromatic heterocycles. The number of rotatable bonds is 2. The summed E-state index contributed by atoms with van der Waals surface area (Å²) >= 11 is 0. The number of aryl methyl sites for hydroxylation is 1. The third-order valence-electron chi connectivity index (χ3n) is 3.81. The maximum absolute atomic E-state index is 13.0. The van der Waals surface area contributed by atoms with Gasteiger partial charge in [0.15, 0.2) is 0 Å². The molecule has 3 atom stereocenters. The van der Waals surface area contributed by atoms with Crippen molar-refractivity contribution in [2.75, 3.05) is 0 Å². The summed E-state index contributed by atoms with van der Waals surface area (Å²) in [5.74, 6) is -0.429. The van der Waals surface area contributed by atoms with Gasteiger partial charge in [-0.2, -0.15) is 0 Å². The van der Waals surface area contributed by atoms with Crippen LogP contribution in [-0.2, 0) is 0 Å². The molecule has 1 aliphatic rings. The molecule has 2 rings (SSSR count). The summed E-state index contributed by atoms with van der Waals surface area (Å²) in [6.45, 7) is 5.99. The third-order valence-corrected chi connectivity index (χ3v) is 3.81. The van der Waals surface area contributed by atoms with Gasteiger partial charge in [0, 0.05) is 23.7 Å². The summed E-state index contributed by atoms with van der Waals surface area (Å²) < 4.78 is 13.0. The van der Waals surface area contributed by atoms with Crippen molar-refractivity contribution in [3.63, 3.8) is 0 Å². The molecule has 3 nitrogen and oxygen atoms in total. The molecular weight excluding hydrogens is 243 g/mol. The van der Waals surface area contributed by atoms with Gasteiger partial charge in [-0.05, 0) is 57.4 Å². The van der Waals surface area contributed by atoms with E-state index in [1.807, 2.05) is 0 Å². The van der Waals surface area contributed by atoms with Crippen LogP contribution in [0.4, 0.5) is 4.39 Å². The van der Waals surface area contributed by atoms with Crippen LogP contribution < -0.4 is 10.6 Å². The maximum atomic E-state index is 13.0. The number of carbonyl (C=O) groups is 1. The zero-order chi connectivity index (χ0) is 14.0. The molecule has 1 saturated heterocycles. The van der Waals surface area contributed by atoms with Gasteiger partial charge in [0.1, 0.15) is 5.82 Å². The minimum atomic E-state index is -0.310. The second-order valence-corrected chi connectivity index (χ2v) is 5.47. The Bertz CT molecular complexity index is 475. The van der Waals surface area contributed by atoms with Gasteiger partial charge in [-0.3, -0.25) is 4.79 Å². The molecule has 1 heterocycles. The Morgan fingerprint density at radius 2 is 2.11 bits per heavy atom. The monoisotopic (exact) mass is 264 g/mol. The normalized spacial score (nSPS) is 27.1. The van der Waals surface area contributed by atoms with Crippen molar-refractivity contribution >= 4 is 5.91 Å². The van der Waals surface area contributed by atoms with Crippen molar-refractivity contribution in [1.82, 2.24) is 10.6 Å². The average Bonchev–Trinajstić information content (AvgIpc) is 2.32. The number of nitrogens with one attached hydrogen (secondary N) is 2. The molecule has 1 aromatic carbocycles. The first-order valence-electron chi connectivity index (χ1n) is 6.80. The number of amides is 1. The number of hydrogen-bond acceptors (Lipinski definition) is 2. The van der Waals surface area contributed by atoms with E-state index in [0.717, 1.165) is 12.8 Å². The highest BCUT2D eigenvalue weighted by Crippen LogP contribution is 2.15. The number of halogens is 1. The van der Waals surface area contributed by atoms with E-state index in [9.17, 15) is 9.18 Å². The van der Waals surface area contributed by atoms with Crippen molar-refractivity contribution in [1.29, 1.82) is 0 Å². The standard InChI is InChI=1S/C15H21FN2O/c1-9-8-12(16)5-6-13(9)15(19)18-14-7-4-10(2)17-11(14)3/h5-6,8,10-11,14,17H,4,7H2,1-3H3,(H,18,19). The maximum Gasteiger partial charge on any atom is 0.251 e. The van der Waals surface area contributed by atoms with Crippen molar-refractivity contribution in [2.45, 2.75) is 51.7 Å². The quantitative estimate of drug-likeness (QED) is 0.861. The molecule has 1 fully saturated rings. The molecule has 0 aliphatic carbocycles. The van der Waals surface area contributed by atoms with Gasteiger partial charge in [-0.25, -0.2) is 4.39 Å². The lowest BCUT2D eigenvalue weighted by Crippen LogP contribution is -2.54. The predicted octanol–water partition coefficient (Wildman–Crippen LogP) is 2.39. The van der Waals surface area contributed by atoms with Crippen LogP contribution in [0.15, 0.2) is 18.2 Å². The van der Waals surface area contributed by atoms with Crippen LogP contribution in [0.25, 0.3) is 0 Å². The van der Waals surface area contributed by atoms with Gasteiger partial charge in [-0.1, -0.05) is 0 Å². The molecule has 0 radical (unpaired) electrons. The fourth-order valence-electron chi connectivity index (χ4n) is 2.65. The fraction of sp³-hybridized carbons (Fsp3) is 0.533. The van der Waals surface area contributed by atoms with Gasteiger partial charge >= 0.3 is 0 Å². The Morgan fingerprint density at radius 3 is 2.74 bits per heavy atom. The van der Waals surface area contributed by atoms with E-state index >= 15 is 0 Å². The molecule has 2 N–H and O–H groups in total. The summed E-state index contributed by atoms with van der Waals surface area (Å²) in [6.07, 6.45) is 2.03. The van der Waals surface area contributed by atoms with E-state index < -0.39 is 0 Å². The van der Waals surface area contributed by atoms with Crippen molar-refractivity contribution < 1.29 is 9.18 Å². The van der Waals surface area contributed by atoms with Crippen molar-refractivity contribution in [3.8, 4) is 0 Å². The van der Waals surface area contributed by atoms with Crippen LogP contribution >= 0.6 is 0 Å². The number of benzene rings is 1. The molecule has 0 bridgehead atoms. The average molecular weight is 264 g/mol. The molecule has 4 heteroatoms. The Labute approximate surface area is 113 Å². The molecule has 1 aromatic rings. The molecule has 104 valence electrons. The van der Waals surface area contributed by atoms with E-state index in [1.54, 1.807) is 13.0 Å². The lowest BCUT2D eigenvalue weighted by atomic mass is 9.95. The Morgan fingerprint density at radius 1 is 1.37 bits per heavy atom. The fourth-order valence-corrected chi connectivity index (χ4v) is 2.65. The zero-order valence-corrected chi connectivity index (χ0v) is 11.7. The van der Waals surface area contributed by atoms with Gasteiger partial charge < -0.3 is 10.6 Å². The molecule has 3 unspecified atom stereocenters. The first-order valence-corrected chi connectivity index (χ1v) is 6.80. The summed E-state index contributed by atoms with van der Waals surface area (Å²) in [7, 11) is 0. The zero-order valence-electron chi connectivity index (χ0n) is 11.7. The highest BCUT2D eigenvalue weighted by molar-refractivity contribution is 5.95. The van der Waals surface area contributed by atoms with Crippen LogP contribution in [0.1, 0.15) is 42.6 Å². The van der Waals surface area contributed by atoms with E-state index in [0.29, 0.717) is 17.2 Å². The van der Waals surface area contributed by atoms with Crippen LogP contribution in [0.2, 0.25) is 0 Å². The van der Waals surface area contributed by atoms with E-state index in [-0.39, 0.29) is 23.8 Å². The predicted molar refractivity (Wildman–Crippen MR) is 73.7 cm³/mol. The molecule has 1 amide bonds. The number of hydrogen-bond donors (Lipinski definition) is 2. The molecule has 1 aliphatic heterocycles. The topological polar surface area (TPSA) is 41.1 Å². The summed E-state index contributed by atoms with van der Waals surface area (Å²) in [5, 5.41) is 6.48. The molecule has 19 heavy (non-hydrogen) atoms. The highest BCUT2D eigenvalue weighted by atomic mass is 19.1. The summed E-state index contributed by atoms with van der Waals surface area (Å²) in [6, 6.07) is 5.15.